The molecule has 0 aliphatic rings. The van der Waals surface area contributed by atoms with Crippen LogP contribution in [0.1, 0.15) is 24.0 Å². The first-order chi connectivity index (χ1) is 12.0. The lowest BCUT2D eigenvalue weighted by atomic mass is 10.0. The van der Waals surface area contributed by atoms with Crippen molar-refractivity contribution in [2.45, 2.75) is 31.8 Å². The zero-order chi connectivity index (χ0) is 18.1. The summed E-state index contributed by atoms with van der Waals surface area (Å²) in [5, 5.41) is 11.9. The lowest BCUT2D eigenvalue weighted by molar-refractivity contribution is -0.137. The minimum atomic E-state index is -0.865. The molecule has 0 saturated heterocycles. The molecule has 0 saturated carbocycles. The van der Waals surface area contributed by atoms with Crippen molar-refractivity contribution in [1.82, 2.24) is 15.2 Å². The minimum absolute atomic E-state index is 0.0180. The predicted molar refractivity (Wildman–Crippen MR) is 95.0 cm³/mol. The molecule has 0 bridgehead atoms. The molecule has 6 nitrogen and oxygen atoms in total. The molecule has 25 heavy (non-hydrogen) atoms. The molecule has 0 aliphatic carbocycles. The van der Waals surface area contributed by atoms with E-state index in [1.54, 1.807) is 24.3 Å². The van der Waals surface area contributed by atoms with E-state index in [1.807, 2.05) is 42.5 Å². The number of aromatic nitrogens is 1. The van der Waals surface area contributed by atoms with Crippen LogP contribution in [0.2, 0.25) is 0 Å². The summed E-state index contributed by atoms with van der Waals surface area (Å²) < 4.78 is 0. The van der Waals surface area contributed by atoms with E-state index in [9.17, 15) is 9.59 Å². The molecule has 132 valence electrons. The van der Waals surface area contributed by atoms with Gasteiger partial charge in [0.1, 0.15) is 0 Å². The summed E-state index contributed by atoms with van der Waals surface area (Å²) >= 11 is 0. The van der Waals surface area contributed by atoms with Crippen molar-refractivity contribution >= 4 is 12.0 Å². The van der Waals surface area contributed by atoms with E-state index in [4.69, 9.17) is 5.11 Å². The van der Waals surface area contributed by atoms with Gasteiger partial charge >= 0.3 is 12.0 Å². The van der Waals surface area contributed by atoms with E-state index in [0.717, 1.165) is 11.1 Å². The maximum Gasteiger partial charge on any atom is 0.317 e. The molecule has 6 heteroatoms. The van der Waals surface area contributed by atoms with E-state index in [0.29, 0.717) is 19.4 Å². The SMILES string of the molecule is CN(Cc1cccnc1)C(=O)NC(CCC(=O)O)Cc1ccccc1. The van der Waals surface area contributed by atoms with Gasteiger partial charge in [0.2, 0.25) is 0 Å². The highest BCUT2D eigenvalue weighted by Crippen LogP contribution is 2.09. The maximum atomic E-state index is 12.4. The molecule has 0 radical (unpaired) electrons. The van der Waals surface area contributed by atoms with Crippen LogP contribution in [-0.4, -0.2) is 40.1 Å². The van der Waals surface area contributed by atoms with Crippen molar-refractivity contribution in [1.29, 1.82) is 0 Å². The number of amides is 2. The second kappa shape index (κ2) is 9.42. The molecule has 2 aromatic rings. The zero-order valence-corrected chi connectivity index (χ0v) is 14.3. The molecule has 1 unspecified atom stereocenters. The highest BCUT2D eigenvalue weighted by atomic mass is 16.4. The van der Waals surface area contributed by atoms with Crippen molar-refractivity contribution in [2.75, 3.05) is 7.05 Å². The summed E-state index contributed by atoms with van der Waals surface area (Å²) in [5.74, 6) is -0.865. The van der Waals surface area contributed by atoms with E-state index >= 15 is 0 Å². The third-order valence-electron chi connectivity index (χ3n) is 3.85. The number of carboxylic acid groups (broad SMARTS) is 1. The Morgan fingerprint density at radius 1 is 1.16 bits per heavy atom. The smallest absolute Gasteiger partial charge is 0.317 e. The molecule has 1 aromatic heterocycles. The Balaban J connectivity index is 1.96. The number of nitrogens with zero attached hydrogens (tertiary/aromatic N) is 2. The van der Waals surface area contributed by atoms with E-state index in [1.165, 1.54) is 0 Å². The van der Waals surface area contributed by atoms with Crippen molar-refractivity contribution in [2.24, 2.45) is 0 Å². The van der Waals surface area contributed by atoms with Crippen LogP contribution in [0.15, 0.2) is 54.9 Å². The third-order valence-corrected chi connectivity index (χ3v) is 3.85. The summed E-state index contributed by atoms with van der Waals surface area (Å²) in [6.07, 6.45) is 4.41. The normalized spacial score (nSPS) is 11.6. The van der Waals surface area contributed by atoms with Gasteiger partial charge in [0, 0.05) is 38.4 Å². The van der Waals surface area contributed by atoms with E-state index in [2.05, 4.69) is 10.3 Å². The Labute approximate surface area is 147 Å². The number of carboxylic acids is 1. The topological polar surface area (TPSA) is 82.5 Å². The summed E-state index contributed by atoms with van der Waals surface area (Å²) in [7, 11) is 1.71. The van der Waals surface area contributed by atoms with Gasteiger partial charge < -0.3 is 15.3 Å². The molecular formula is C19H23N3O3. The maximum absolute atomic E-state index is 12.4. The first kappa shape index (κ1) is 18.4. The number of rotatable bonds is 8. The molecular weight excluding hydrogens is 318 g/mol. The lowest BCUT2D eigenvalue weighted by Crippen LogP contribution is -2.44. The summed E-state index contributed by atoms with van der Waals surface area (Å²) in [5.41, 5.74) is 2.00. The Bertz CT molecular complexity index is 677. The fourth-order valence-electron chi connectivity index (χ4n) is 2.54. The number of carbonyl (C=O) groups is 2. The predicted octanol–water partition coefficient (Wildman–Crippen LogP) is 2.70. The highest BCUT2D eigenvalue weighted by Gasteiger charge is 2.17. The Morgan fingerprint density at radius 2 is 1.88 bits per heavy atom. The fraction of sp³-hybridized carbons (Fsp3) is 0.316. The minimum Gasteiger partial charge on any atom is -0.481 e. The van der Waals surface area contributed by atoms with Crippen molar-refractivity contribution < 1.29 is 14.7 Å². The summed E-state index contributed by atoms with van der Waals surface area (Å²) in [6, 6.07) is 13.0. The number of hydrogen-bond donors (Lipinski definition) is 2. The second-order valence-electron chi connectivity index (χ2n) is 5.99. The van der Waals surface area contributed by atoms with Crippen LogP contribution < -0.4 is 5.32 Å². The van der Waals surface area contributed by atoms with Gasteiger partial charge in [0.15, 0.2) is 0 Å². The summed E-state index contributed by atoms with van der Waals surface area (Å²) in [4.78, 5) is 28.9. The number of carbonyl (C=O) groups excluding carboxylic acids is 1. The highest BCUT2D eigenvalue weighted by molar-refractivity contribution is 5.74. The first-order valence-electron chi connectivity index (χ1n) is 8.21. The van der Waals surface area contributed by atoms with Gasteiger partial charge in [-0.25, -0.2) is 4.79 Å². The zero-order valence-electron chi connectivity index (χ0n) is 14.3. The number of nitrogens with one attached hydrogen (secondary N) is 1. The molecule has 1 aromatic carbocycles. The number of benzene rings is 1. The van der Waals surface area contributed by atoms with Gasteiger partial charge in [-0.3, -0.25) is 9.78 Å². The fourth-order valence-corrected chi connectivity index (χ4v) is 2.54. The average Bonchev–Trinajstić information content (AvgIpc) is 2.61. The van der Waals surface area contributed by atoms with Crippen LogP contribution in [0, 0.1) is 0 Å². The number of aliphatic carboxylic acids is 1. The molecule has 0 spiro atoms. The summed E-state index contributed by atoms with van der Waals surface area (Å²) in [6.45, 7) is 0.441. The van der Waals surface area contributed by atoms with Crippen molar-refractivity contribution in [3.8, 4) is 0 Å². The van der Waals surface area contributed by atoms with E-state index < -0.39 is 5.97 Å². The second-order valence-corrected chi connectivity index (χ2v) is 5.99. The molecule has 2 amide bonds. The van der Waals surface area contributed by atoms with Crippen LogP contribution >= 0.6 is 0 Å². The molecule has 2 rings (SSSR count). The van der Waals surface area contributed by atoms with Gasteiger partial charge in [0.25, 0.3) is 0 Å². The van der Waals surface area contributed by atoms with Crippen LogP contribution in [0.3, 0.4) is 0 Å². The van der Waals surface area contributed by atoms with Gasteiger partial charge in [-0.2, -0.15) is 0 Å². The molecule has 2 N–H and O–H groups in total. The van der Waals surface area contributed by atoms with Crippen molar-refractivity contribution in [3.63, 3.8) is 0 Å². The third kappa shape index (κ3) is 6.63. The Kier molecular flexibility index (Phi) is 6.95. The van der Waals surface area contributed by atoms with Gasteiger partial charge in [-0.1, -0.05) is 36.4 Å². The quantitative estimate of drug-likeness (QED) is 0.773. The molecule has 1 atom stereocenters. The van der Waals surface area contributed by atoms with Crippen LogP contribution in [0.5, 0.6) is 0 Å². The lowest BCUT2D eigenvalue weighted by Gasteiger charge is -2.23. The molecule has 1 heterocycles. The Morgan fingerprint density at radius 3 is 2.52 bits per heavy atom. The van der Waals surface area contributed by atoms with Crippen LogP contribution in [0.25, 0.3) is 0 Å². The van der Waals surface area contributed by atoms with Crippen LogP contribution in [0.4, 0.5) is 4.79 Å². The van der Waals surface area contributed by atoms with Crippen molar-refractivity contribution in [3.05, 3.63) is 66.0 Å². The van der Waals surface area contributed by atoms with Gasteiger partial charge in [-0.05, 0) is 30.0 Å². The first-order valence-corrected chi connectivity index (χ1v) is 8.21. The molecule has 0 aliphatic heterocycles. The average molecular weight is 341 g/mol. The largest absolute Gasteiger partial charge is 0.481 e. The van der Waals surface area contributed by atoms with Gasteiger partial charge in [0.05, 0.1) is 0 Å². The van der Waals surface area contributed by atoms with Crippen LogP contribution in [-0.2, 0) is 17.8 Å². The Hall–Kier alpha value is -2.89. The number of hydrogen-bond acceptors (Lipinski definition) is 3. The molecule has 0 fully saturated rings. The number of urea groups is 1. The van der Waals surface area contributed by atoms with Gasteiger partial charge in [-0.15, -0.1) is 0 Å². The monoisotopic (exact) mass is 341 g/mol. The standard InChI is InChI=1S/C19H23N3O3/c1-22(14-16-8-5-11-20-13-16)19(25)21-17(9-10-18(23)24)12-15-6-3-2-4-7-15/h2-8,11,13,17H,9-10,12,14H2,1H3,(H,21,25)(H,23,24). The number of pyridine rings is 1. The van der Waals surface area contributed by atoms with E-state index in [-0.39, 0.29) is 18.5 Å².